The lowest BCUT2D eigenvalue weighted by Crippen LogP contribution is -2.44. The highest BCUT2D eigenvalue weighted by Gasteiger charge is 2.20. The maximum Gasteiger partial charge on any atom is 0.224 e. The molecule has 3 N–H and O–H groups in total. The smallest absolute Gasteiger partial charge is 0.224 e. The van der Waals surface area contributed by atoms with Crippen LogP contribution in [-0.4, -0.2) is 34.9 Å². The fourth-order valence-corrected chi connectivity index (χ4v) is 3.06. The number of pyridine rings is 1. The van der Waals surface area contributed by atoms with Crippen LogP contribution in [0, 0.1) is 0 Å². The molecule has 0 radical (unpaired) electrons. The Balaban J connectivity index is 0.00000225. The molecule has 0 atom stereocenters. The largest absolute Gasteiger partial charge is 0.399 e. The molecule has 5 nitrogen and oxygen atoms in total. The molecule has 150 valence electrons. The Morgan fingerprint density at radius 3 is 2.33 bits per heavy atom. The van der Waals surface area contributed by atoms with E-state index < -0.39 is 0 Å². The SMILES string of the molecule is Cl.Cl.Cl.Nc1ccc(CC(=O)NC2CCN(Cc3ccccn3)CC2)cc1. The van der Waals surface area contributed by atoms with Crippen molar-refractivity contribution in [1.82, 2.24) is 15.2 Å². The Morgan fingerprint density at radius 2 is 1.74 bits per heavy atom. The molecule has 1 aromatic carbocycles. The molecule has 1 fully saturated rings. The van der Waals surface area contributed by atoms with Gasteiger partial charge in [0.1, 0.15) is 0 Å². The highest BCUT2D eigenvalue weighted by atomic mass is 35.5. The second kappa shape index (κ2) is 12.8. The molecule has 0 unspecified atom stereocenters. The molecule has 8 heteroatoms. The van der Waals surface area contributed by atoms with Crippen LogP contribution < -0.4 is 11.1 Å². The third-order valence-corrected chi connectivity index (χ3v) is 4.41. The van der Waals surface area contributed by atoms with E-state index in [1.54, 1.807) is 0 Å². The van der Waals surface area contributed by atoms with E-state index in [-0.39, 0.29) is 49.2 Å². The van der Waals surface area contributed by atoms with Crippen molar-refractivity contribution in [1.29, 1.82) is 0 Å². The van der Waals surface area contributed by atoms with Crippen molar-refractivity contribution in [3.05, 3.63) is 59.9 Å². The number of likely N-dealkylation sites (tertiary alicyclic amines) is 1. The zero-order valence-corrected chi connectivity index (χ0v) is 17.5. The number of nitrogens with two attached hydrogens (primary N) is 1. The molecule has 1 aliphatic rings. The summed E-state index contributed by atoms with van der Waals surface area (Å²) in [6.07, 6.45) is 4.22. The van der Waals surface area contributed by atoms with E-state index in [0.717, 1.165) is 49.4 Å². The van der Waals surface area contributed by atoms with Gasteiger partial charge in [0, 0.05) is 37.6 Å². The predicted octanol–water partition coefficient (Wildman–Crippen LogP) is 3.25. The molecule has 2 aromatic rings. The molecule has 3 rings (SSSR count). The number of rotatable bonds is 5. The minimum atomic E-state index is 0. The Morgan fingerprint density at radius 1 is 1.07 bits per heavy atom. The van der Waals surface area contributed by atoms with Crippen molar-refractivity contribution >= 4 is 48.8 Å². The Kier molecular flexibility index (Phi) is 12.1. The second-order valence-corrected chi connectivity index (χ2v) is 6.36. The number of piperidine rings is 1. The summed E-state index contributed by atoms with van der Waals surface area (Å²) in [4.78, 5) is 18.9. The Labute approximate surface area is 179 Å². The van der Waals surface area contributed by atoms with E-state index in [1.807, 2.05) is 42.6 Å². The lowest BCUT2D eigenvalue weighted by Gasteiger charge is -2.32. The number of nitrogen functional groups attached to an aromatic ring is 1. The Hall–Kier alpha value is -1.53. The molecule has 1 saturated heterocycles. The third kappa shape index (κ3) is 8.35. The van der Waals surface area contributed by atoms with E-state index in [2.05, 4.69) is 21.3 Å². The van der Waals surface area contributed by atoms with E-state index in [4.69, 9.17) is 5.73 Å². The number of nitrogens with one attached hydrogen (secondary N) is 1. The van der Waals surface area contributed by atoms with Gasteiger partial charge in [-0.3, -0.25) is 14.7 Å². The number of aromatic nitrogens is 1. The van der Waals surface area contributed by atoms with Gasteiger partial charge in [-0.05, 0) is 42.7 Å². The molecule has 2 heterocycles. The van der Waals surface area contributed by atoms with Gasteiger partial charge in [0.2, 0.25) is 5.91 Å². The molecule has 0 bridgehead atoms. The van der Waals surface area contributed by atoms with Crippen molar-refractivity contribution in [3.63, 3.8) is 0 Å². The maximum absolute atomic E-state index is 12.2. The van der Waals surface area contributed by atoms with Gasteiger partial charge in [0.25, 0.3) is 0 Å². The van der Waals surface area contributed by atoms with Gasteiger partial charge in [-0.15, -0.1) is 37.2 Å². The van der Waals surface area contributed by atoms with Crippen molar-refractivity contribution in [2.45, 2.75) is 31.8 Å². The number of halogens is 3. The fourth-order valence-electron chi connectivity index (χ4n) is 3.06. The lowest BCUT2D eigenvalue weighted by molar-refractivity contribution is -0.121. The average Bonchev–Trinajstić information content (AvgIpc) is 2.60. The minimum absolute atomic E-state index is 0. The number of anilines is 1. The summed E-state index contributed by atoms with van der Waals surface area (Å²) in [7, 11) is 0. The second-order valence-electron chi connectivity index (χ2n) is 6.36. The average molecular weight is 434 g/mol. The van der Waals surface area contributed by atoms with Gasteiger partial charge < -0.3 is 11.1 Å². The number of benzene rings is 1. The van der Waals surface area contributed by atoms with Gasteiger partial charge in [-0.2, -0.15) is 0 Å². The van der Waals surface area contributed by atoms with Gasteiger partial charge in [0.05, 0.1) is 12.1 Å². The minimum Gasteiger partial charge on any atom is -0.399 e. The van der Waals surface area contributed by atoms with Crippen molar-refractivity contribution in [2.75, 3.05) is 18.8 Å². The maximum atomic E-state index is 12.2. The van der Waals surface area contributed by atoms with Gasteiger partial charge >= 0.3 is 0 Å². The van der Waals surface area contributed by atoms with E-state index >= 15 is 0 Å². The van der Waals surface area contributed by atoms with Gasteiger partial charge in [0.15, 0.2) is 0 Å². The first-order chi connectivity index (χ1) is 11.7. The molecule has 27 heavy (non-hydrogen) atoms. The topological polar surface area (TPSA) is 71.2 Å². The summed E-state index contributed by atoms with van der Waals surface area (Å²) >= 11 is 0. The highest BCUT2D eigenvalue weighted by Crippen LogP contribution is 2.13. The molecule has 0 aliphatic carbocycles. The van der Waals surface area contributed by atoms with Crippen LogP contribution in [-0.2, 0) is 17.8 Å². The van der Waals surface area contributed by atoms with Crippen LogP contribution in [0.1, 0.15) is 24.1 Å². The summed E-state index contributed by atoms with van der Waals surface area (Å²) in [5.41, 5.74) is 8.48. The van der Waals surface area contributed by atoms with Crippen LogP contribution >= 0.6 is 37.2 Å². The normalized spacial score (nSPS) is 14.2. The standard InChI is InChI=1S/C19H24N4O.3ClH/c20-16-6-4-15(5-7-16)13-19(24)22-17-8-11-23(12-9-17)14-18-3-1-2-10-21-18;;;/h1-7,10,17H,8-9,11-14,20H2,(H,22,24);3*1H. The van der Waals surface area contributed by atoms with Crippen LogP contribution in [0.3, 0.4) is 0 Å². The monoisotopic (exact) mass is 432 g/mol. The van der Waals surface area contributed by atoms with Crippen LogP contribution in [0.4, 0.5) is 5.69 Å². The lowest BCUT2D eigenvalue weighted by atomic mass is 10.0. The summed E-state index contributed by atoms with van der Waals surface area (Å²) in [6, 6.07) is 13.8. The number of hydrogen-bond acceptors (Lipinski definition) is 4. The van der Waals surface area contributed by atoms with Crippen LogP contribution in [0.2, 0.25) is 0 Å². The quantitative estimate of drug-likeness (QED) is 0.710. The highest BCUT2D eigenvalue weighted by molar-refractivity contribution is 5.86. The first-order valence-corrected chi connectivity index (χ1v) is 8.45. The zero-order chi connectivity index (χ0) is 16.8. The van der Waals surface area contributed by atoms with Crippen LogP contribution in [0.15, 0.2) is 48.7 Å². The number of amides is 1. The van der Waals surface area contributed by atoms with Crippen molar-refractivity contribution in [3.8, 4) is 0 Å². The molecule has 1 aromatic heterocycles. The van der Waals surface area contributed by atoms with Crippen molar-refractivity contribution < 1.29 is 4.79 Å². The first-order valence-electron chi connectivity index (χ1n) is 8.45. The summed E-state index contributed by atoms with van der Waals surface area (Å²) in [5, 5.41) is 3.15. The predicted molar refractivity (Wildman–Crippen MR) is 117 cm³/mol. The number of carbonyl (C=O) groups is 1. The molecule has 1 amide bonds. The number of nitrogens with zero attached hydrogens (tertiary/aromatic N) is 2. The van der Waals surface area contributed by atoms with Gasteiger partial charge in [-0.25, -0.2) is 0 Å². The number of carbonyl (C=O) groups excluding carboxylic acids is 1. The van der Waals surface area contributed by atoms with E-state index in [1.165, 1.54) is 0 Å². The van der Waals surface area contributed by atoms with Crippen LogP contribution in [0.5, 0.6) is 0 Å². The molecule has 0 spiro atoms. The molecular formula is C19H27Cl3N4O. The summed E-state index contributed by atoms with van der Waals surface area (Å²) in [6.45, 7) is 2.86. The first kappa shape index (κ1) is 25.5. The van der Waals surface area contributed by atoms with E-state index in [9.17, 15) is 4.79 Å². The summed E-state index contributed by atoms with van der Waals surface area (Å²) in [5.74, 6) is 0.0861. The number of hydrogen-bond donors (Lipinski definition) is 2. The molecule has 1 aliphatic heterocycles. The fraction of sp³-hybridized carbons (Fsp3) is 0.368. The Bertz CT molecular complexity index is 662. The zero-order valence-electron chi connectivity index (χ0n) is 15.0. The van der Waals surface area contributed by atoms with Gasteiger partial charge in [-0.1, -0.05) is 18.2 Å². The molecule has 0 saturated carbocycles. The van der Waals surface area contributed by atoms with Crippen LogP contribution in [0.25, 0.3) is 0 Å². The van der Waals surface area contributed by atoms with E-state index in [0.29, 0.717) is 6.42 Å². The van der Waals surface area contributed by atoms with Crippen molar-refractivity contribution in [2.24, 2.45) is 0 Å². The third-order valence-electron chi connectivity index (χ3n) is 4.41. The molecular weight excluding hydrogens is 407 g/mol. The summed E-state index contributed by atoms with van der Waals surface area (Å²) < 4.78 is 0.